The Morgan fingerprint density at radius 3 is 2.52 bits per heavy atom. The van der Waals surface area contributed by atoms with Crippen molar-refractivity contribution in [3.63, 3.8) is 0 Å². The molecule has 4 nitrogen and oxygen atoms in total. The van der Waals surface area contributed by atoms with Gasteiger partial charge in [0.15, 0.2) is 0 Å². The van der Waals surface area contributed by atoms with Crippen molar-refractivity contribution in [2.24, 2.45) is 0 Å². The highest BCUT2D eigenvalue weighted by molar-refractivity contribution is 5.79. The molecule has 3 rings (SSSR count). The van der Waals surface area contributed by atoms with Crippen LogP contribution >= 0.6 is 0 Å². The van der Waals surface area contributed by atoms with E-state index < -0.39 is 0 Å². The summed E-state index contributed by atoms with van der Waals surface area (Å²) in [7, 11) is 0. The minimum Gasteiger partial charge on any atom is -0.326 e. The highest BCUT2D eigenvalue weighted by Crippen LogP contribution is 2.16. The summed E-state index contributed by atoms with van der Waals surface area (Å²) in [6, 6.07) is 17.2. The standard InChI is InChI=1S/C17H17N3O/c1-2-12-20-16(21)14-10-6-7-11-15(14)19-17(20)18-13-8-4-3-5-9-13/h3-11H,2,12H2,1H3,(H,18,19). The third-order valence-electron chi connectivity index (χ3n) is 3.34. The smallest absolute Gasteiger partial charge is 0.262 e. The molecule has 0 saturated carbocycles. The summed E-state index contributed by atoms with van der Waals surface area (Å²) < 4.78 is 1.70. The zero-order valence-corrected chi connectivity index (χ0v) is 11.9. The first-order valence-electron chi connectivity index (χ1n) is 7.11. The van der Waals surface area contributed by atoms with Gasteiger partial charge in [-0.25, -0.2) is 4.98 Å². The molecule has 0 saturated heterocycles. The Morgan fingerprint density at radius 2 is 1.76 bits per heavy atom. The molecule has 0 aliphatic carbocycles. The van der Waals surface area contributed by atoms with Crippen molar-refractivity contribution in [2.75, 3.05) is 5.32 Å². The van der Waals surface area contributed by atoms with Crippen molar-refractivity contribution in [1.29, 1.82) is 0 Å². The predicted molar refractivity (Wildman–Crippen MR) is 86.0 cm³/mol. The van der Waals surface area contributed by atoms with Crippen LogP contribution in [0.25, 0.3) is 10.9 Å². The lowest BCUT2D eigenvalue weighted by Crippen LogP contribution is -2.24. The Kier molecular flexibility index (Phi) is 3.69. The molecule has 4 heteroatoms. The first-order chi connectivity index (χ1) is 10.3. The highest BCUT2D eigenvalue weighted by atomic mass is 16.1. The van der Waals surface area contributed by atoms with Crippen LogP contribution in [-0.4, -0.2) is 9.55 Å². The van der Waals surface area contributed by atoms with Crippen molar-refractivity contribution in [1.82, 2.24) is 9.55 Å². The van der Waals surface area contributed by atoms with E-state index in [0.717, 1.165) is 12.1 Å². The molecule has 0 aliphatic rings. The molecule has 1 heterocycles. The molecule has 1 N–H and O–H groups in total. The van der Waals surface area contributed by atoms with Crippen LogP contribution in [0, 0.1) is 0 Å². The molecule has 0 spiro atoms. The van der Waals surface area contributed by atoms with Crippen LogP contribution < -0.4 is 10.9 Å². The number of benzene rings is 2. The lowest BCUT2D eigenvalue weighted by atomic mass is 10.2. The largest absolute Gasteiger partial charge is 0.326 e. The number of hydrogen-bond acceptors (Lipinski definition) is 3. The van der Waals surface area contributed by atoms with E-state index in [1.165, 1.54) is 0 Å². The summed E-state index contributed by atoms with van der Waals surface area (Å²) in [4.78, 5) is 17.2. The first-order valence-corrected chi connectivity index (χ1v) is 7.11. The Labute approximate surface area is 123 Å². The average molecular weight is 279 g/mol. The van der Waals surface area contributed by atoms with E-state index in [1.54, 1.807) is 4.57 Å². The molecular weight excluding hydrogens is 262 g/mol. The minimum atomic E-state index is 0.000816. The van der Waals surface area contributed by atoms with Crippen molar-refractivity contribution in [2.45, 2.75) is 19.9 Å². The number of nitrogens with zero attached hydrogens (tertiary/aromatic N) is 2. The molecular formula is C17H17N3O. The zero-order chi connectivity index (χ0) is 14.7. The Bertz CT molecular complexity index is 809. The van der Waals surface area contributed by atoms with Gasteiger partial charge in [0, 0.05) is 12.2 Å². The molecule has 1 aromatic heterocycles. The van der Waals surface area contributed by atoms with Gasteiger partial charge < -0.3 is 5.32 Å². The maximum Gasteiger partial charge on any atom is 0.262 e. The monoisotopic (exact) mass is 279 g/mol. The summed E-state index contributed by atoms with van der Waals surface area (Å²) >= 11 is 0. The van der Waals surface area contributed by atoms with Gasteiger partial charge in [0.2, 0.25) is 5.95 Å². The Morgan fingerprint density at radius 1 is 1.05 bits per heavy atom. The first kappa shape index (κ1) is 13.4. The molecule has 0 fully saturated rings. The van der Waals surface area contributed by atoms with E-state index in [0.29, 0.717) is 23.4 Å². The van der Waals surface area contributed by atoms with Gasteiger partial charge >= 0.3 is 0 Å². The number of anilines is 2. The molecule has 0 bridgehead atoms. The van der Waals surface area contributed by atoms with Gasteiger partial charge in [0.25, 0.3) is 5.56 Å². The fraction of sp³-hybridized carbons (Fsp3) is 0.176. The molecule has 0 aliphatic heterocycles. The third kappa shape index (κ3) is 2.65. The Balaban J connectivity index is 2.15. The van der Waals surface area contributed by atoms with E-state index >= 15 is 0 Å². The van der Waals surface area contributed by atoms with Crippen LogP contribution in [0.1, 0.15) is 13.3 Å². The van der Waals surface area contributed by atoms with Gasteiger partial charge in [-0.2, -0.15) is 0 Å². The van der Waals surface area contributed by atoms with Crippen LogP contribution in [0.3, 0.4) is 0 Å². The van der Waals surface area contributed by atoms with Gasteiger partial charge in [-0.1, -0.05) is 37.3 Å². The van der Waals surface area contributed by atoms with E-state index in [4.69, 9.17) is 0 Å². The lowest BCUT2D eigenvalue weighted by molar-refractivity contribution is 0.657. The summed E-state index contributed by atoms with van der Waals surface area (Å²) in [5.41, 5.74) is 1.64. The maximum absolute atomic E-state index is 12.6. The van der Waals surface area contributed by atoms with Crippen LogP contribution in [0.5, 0.6) is 0 Å². The minimum absolute atomic E-state index is 0.000816. The molecule has 2 aromatic carbocycles. The van der Waals surface area contributed by atoms with Crippen molar-refractivity contribution >= 4 is 22.5 Å². The summed E-state index contributed by atoms with van der Waals surface area (Å²) in [5, 5.41) is 3.90. The quantitative estimate of drug-likeness (QED) is 0.794. The summed E-state index contributed by atoms with van der Waals surface area (Å²) in [6.07, 6.45) is 0.878. The topological polar surface area (TPSA) is 46.9 Å². The normalized spacial score (nSPS) is 10.7. The number of aromatic nitrogens is 2. The van der Waals surface area contributed by atoms with Crippen LogP contribution in [0.2, 0.25) is 0 Å². The fourth-order valence-electron chi connectivity index (χ4n) is 2.35. The fourth-order valence-corrected chi connectivity index (χ4v) is 2.35. The third-order valence-corrected chi connectivity index (χ3v) is 3.34. The van der Waals surface area contributed by atoms with Crippen LogP contribution in [0.15, 0.2) is 59.4 Å². The highest BCUT2D eigenvalue weighted by Gasteiger charge is 2.10. The predicted octanol–water partition coefficient (Wildman–Crippen LogP) is 3.55. The van der Waals surface area contributed by atoms with Gasteiger partial charge in [0.05, 0.1) is 10.9 Å². The molecule has 21 heavy (non-hydrogen) atoms. The average Bonchev–Trinajstić information content (AvgIpc) is 2.52. The number of fused-ring (bicyclic) bond motifs is 1. The van der Waals surface area contributed by atoms with Gasteiger partial charge in [-0.3, -0.25) is 9.36 Å². The SMILES string of the molecule is CCCn1c(Nc2ccccc2)nc2ccccc2c1=O. The molecule has 0 atom stereocenters. The van der Waals surface area contributed by atoms with E-state index in [-0.39, 0.29) is 5.56 Å². The van der Waals surface area contributed by atoms with Crippen molar-refractivity contribution in [3.05, 3.63) is 65.0 Å². The van der Waals surface area contributed by atoms with E-state index in [9.17, 15) is 4.79 Å². The summed E-state index contributed by atoms with van der Waals surface area (Å²) in [6.45, 7) is 2.69. The second-order valence-corrected chi connectivity index (χ2v) is 4.90. The number of nitrogens with one attached hydrogen (secondary N) is 1. The van der Waals surface area contributed by atoms with Gasteiger partial charge in [0.1, 0.15) is 0 Å². The van der Waals surface area contributed by atoms with Crippen molar-refractivity contribution in [3.8, 4) is 0 Å². The van der Waals surface area contributed by atoms with E-state index in [2.05, 4.69) is 10.3 Å². The zero-order valence-electron chi connectivity index (χ0n) is 11.9. The van der Waals surface area contributed by atoms with Crippen LogP contribution in [0.4, 0.5) is 11.6 Å². The lowest BCUT2D eigenvalue weighted by Gasteiger charge is -2.14. The van der Waals surface area contributed by atoms with Gasteiger partial charge in [-0.05, 0) is 30.7 Å². The number of hydrogen-bond donors (Lipinski definition) is 1. The van der Waals surface area contributed by atoms with Crippen molar-refractivity contribution < 1.29 is 0 Å². The van der Waals surface area contributed by atoms with E-state index in [1.807, 2.05) is 61.5 Å². The molecule has 0 radical (unpaired) electrons. The molecule has 106 valence electrons. The second-order valence-electron chi connectivity index (χ2n) is 4.90. The van der Waals surface area contributed by atoms with Crippen LogP contribution in [-0.2, 0) is 6.54 Å². The Hall–Kier alpha value is -2.62. The molecule has 3 aromatic rings. The second kappa shape index (κ2) is 5.79. The summed E-state index contributed by atoms with van der Waals surface area (Å²) in [5.74, 6) is 0.590. The number of rotatable bonds is 4. The maximum atomic E-state index is 12.6. The van der Waals surface area contributed by atoms with Gasteiger partial charge in [-0.15, -0.1) is 0 Å². The number of para-hydroxylation sites is 2. The molecule has 0 unspecified atom stereocenters. The molecule has 0 amide bonds.